The second-order valence-corrected chi connectivity index (χ2v) is 10.3. The van der Waals surface area contributed by atoms with Crippen molar-refractivity contribution in [3.8, 4) is 33.6 Å². The lowest BCUT2D eigenvalue weighted by Crippen LogP contribution is -1.92. The highest BCUT2D eigenvalue weighted by molar-refractivity contribution is 6.00. The molecular formula is C37H23N3. The third-order valence-corrected chi connectivity index (χ3v) is 7.74. The van der Waals surface area contributed by atoms with Crippen molar-refractivity contribution in [3.63, 3.8) is 0 Å². The molecule has 40 heavy (non-hydrogen) atoms. The molecule has 3 heteroatoms. The average molecular weight is 510 g/mol. The van der Waals surface area contributed by atoms with Gasteiger partial charge >= 0.3 is 0 Å². The second-order valence-electron chi connectivity index (χ2n) is 10.3. The van der Waals surface area contributed by atoms with Gasteiger partial charge in [0, 0.05) is 46.7 Å². The fourth-order valence-electron chi connectivity index (χ4n) is 5.60. The molecule has 3 heterocycles. The smallest absolute Gasteiger partial charge is 0.0715 e. The van der Waals surface area contributed by atoms with Gasteiger partial charge in [0.1, 0.15) is 0 Å². The fraction of sp³-hybridized carbons (Fsp3) is 0. The van der Waals surface area contributed by atoms with Crippen molar-refractivity contribution in [1.82, 2.24) is 15.0 Å². The molecule has 186 valence electrons. The van der Waals surface area contributed by atoms with Crippen LogP contribution in [0.25, 0.3) is 76.7 Å². The van der Waals surface area contributed by atoms with Crippen molar-refractivity contribution in [2.45, 2.75) is 0 Å². The van der Waals surface area contributed by atoms with Crippen LogP contribution >= 0.6 is 0 Å². The Morgan fingerprint density at radius 1 is 0.325 bits per heavy atom. The van der Waals surface area contributed by atoms with E-state index < -0.39 is 0 Å². The Labute approximate surface area is 231 Å². The van der Waals surface area contributed by atoms with E-state index in [0.717, 1.165) is 49.6 Å². The highest BCUT2D eigenvalue weighted by Crippen LogP contribution is 2.34. The lowest BCUT2D eigenvalue weighted by molar-refractivity contribution is 1.32. The number of hydrogen-bond acceptors (Lipinski definition) is 3. The number of aromatic nitrogens is 3. The molecule has 0 aliphatic carbocycles. The maximum atomic E-state index is 5.19. The maximum absolute atomic E-state index is 5.19. The number of fused-ring (bicyclic) bond motifs is 4. The maximum Gasteiger partial charge on any atom is 0.0715 e. The molecule has 0 spiro atoms. The van der Waals surface area contributed by atoms with Crippen LogP contribution < -0.4 is 0 Å². The standard InChI is InChI=1S/C37H23N3/c1-2-4-25-18-34-19-27(6-5-26(34)15-24(25)3-1)35-20-36(30-7-9-32-22-38-13-11-28(32)16-30)40-37(21-35)31-8-10-33-23-39-14-12-29(33)17-31/h1-23H. The molecule has 8 rings (SSSR count). The van der Waals surface area contributed by atoms with E-state index in [2.05, 4.69) is 125 Å². The summed E-state index contributed by atoms with van der Waals surface area (Å²) in [5, 5.41) is 9.51. The normalized spacial score (nSPS) is 11.5. The van der Waals surface area contributed by atoms with Crippen LogP contribution in [0.5, 0.6) is 0 Å². The lowest BCUT2D eigenvalue weighted by atomic mass is 9.96. The van der Waals surface area contributed by atoms with Gasteiger partial charge in [-0.3, -0.25) is 9.97 Å². The number of pyridine rings is 3. The number of hydrogen-bond donors (Lipinski definition) is 0. The minimum absolute atomic E-state index is 0.944. The van der Waals surface area contributed by atoms with Crippen LogP contribution in [0, 0.1) is 0 Å². The zero-order valence-corrected chi connectivity index (χ0v) is 21.6. The molecule has 0 radical (unpaired) electrons. The molecule has 0 fully saturated rings. The zero-order valence-electron chi connectivity index (χ0n) is 21.6. The monoisotopic (exact) mass is 509 g/mol. The Morgan fingerprint density at radius 2 is 0.800 bits per heavy atom. The molecular weight excluding hydrogens is 486 g/mol. The third-order valence-electron chi connectivity index (χ3n) is 7.74. The van der Waals surface area contributed by atoms with Gasteiger partial charge in [0.15, 0.2) is 0 Å². The van der Waals surface area contributed by atoms with E-state index in [-0.39, 0.29) is 0 Å². The van der Waals surface area contributed by atoms with Crippen molar-refractivity contribution in [2.24, 2.45) is 0 Å². The molecule has 5 aromatic carbocycles. The first-order valence-corrected chi connectivity index (χ1v) is 13.4. The average Bonchev–Trinajstić information content (AvgIpc) is 3.02. The van der Waals surface area contributed by atoms with Gasteiger partial charge in [-0.15, -0.1) is 0 Å². The summed E-state index contributed by atoms with van der Waals surface area (Å²) in [5.41, 5.74) is 6.36. The first kappa shape index (κ1) is 22.6. The summed E-state index contributed by atoms with van der Waals surface area (Å²) in [4.78, 5) is 13.7. The number of benzene rings is 5. The van der Waals surface area contributed by atoms with E-state index in [1.807, 2.05) is 24.8 Å². The predicted molar refractivity (Wildman–Crippen MR) is 166 cm³/mol. The zero-order chi connectivity index (χ0) is 26.5. The van der Waals surface area contributed by atoms with E-state index in [4.69, 9.17) is 4.98 Å². The summed E-state index contributed by atoms with van der Waals surface area (Å²) in [5.74, 6) is 0. The van der Waals surface area contributed by atoms with E-state index in [1.165, 1.54) is 27.1 Å². The molecule has 0 aliphatic rings. The minimum Gasteiger partial charge on any atom is -0.264 e. The highest BCUT2D eigenvalue weighted by atomic mass is 14.7. The number of rotatable bonds is 3. The van der Waals surface area contributed by atoms with Crippen molar-refractivity contribution in [2.75, 3.05) is 0 Å². The molecule has 3 nitrogen and oxygen atoms in total. The Balaban J connectivity index is 1.33. The second kappa shape index (κ2) is 9.11. The van der Waals surface area contributed by atoms with Gasteiger partial charge in [0.2, 0.25) is 0 Å². The van der Waals surface area contributed by atoms with Crippen LogP contribution in [0.2, 0.25) is 0 Å². The summed E-state index contributed by atoms with van der Waals surface area (Å²) in [6, 6.07) is 41.3. The first-order valence-electron chi connectivity index (χ1n) is 13.4. The van der Waals surface area contributed by atoms with Crippen molar-refractivity contribution >= 4 is 43.1 Å². The molecule has 0 bridgehead atoms. The van der Waals surface area contributed by atoms with E-state index >= 15 is 0 Å². The van der Waals surface area contributed by atoms with Gasteiger partial charge in [-0.1, -0.05) is 60.7 Å². The van der Waals surface area contributed by atoms with Crippen molar-refractivity contribution in [1.29, 1.82) is 0 Å². The van der Waals surface area contributed by atoms with Crippen molar-refractivity contribution < 1.29 is 0 Å². The Hall–Kier alpha value is -5.41. The van der Waals surface area contributed by atoms with Gasteiger partial charge < -0.3 is 0 Å². The fourth-order valence-corrected chi connectivity index (χ4v) is 5.60. The summed E-state index contributed by atoms with van der Waals surface area (Å²) >= 11 is 0. The summed E-state index contributed by atoms with van der Waals surface area (Å²) in [6.45, 7) is 0. The molecule has 0 unspecified atom stereocenters. The van der Waals surface area contributed by atoms with Crippen LogP contribution in [0.15, 0.2) is 140 Å². The largest absolute Gasteiger partial charge is 0.264 e. The predicted octanol–water partition coefficient (Wildman–Crippen LogP) is 9.49. The summed E-state index contributed by atoms with van der Waals surface area (Å²) in [6.07, 6.45) is 7.47. The highest BCUT2D eigenvalue weighted by Gasteiger charge is 2.11. The van der Waals surface area contributed by atoms with E-state index in [1.54, 1.807) is 0 Å². The van der Waals surface area contributed by atoms with Crippen LogP contribution in [0.1, 0.15) is 0 Å². The molecule has 0 saturated carbocycles. The Bertz CT molecular complexity index is 2140. The minimum atomic E-state index is 0.944. The lowest BCUT2D eigenvalue weighted by Gasteiger charge is -2.12. The van der Waals surface area contributed by atoms with E-state index in [0.29, 0.717) is 0 Å². The van der Waals surface area contributed by atoms with Crippen LogP contribution in [0.4, 0.5) is 0 Å². The van der Waals surface area contributed by atoms with Crippen LogP contribution in [-0.2, 0) is 0 Å². The Kier molecular flexibility index (Phi) is 5.14. The van der Waals surface area contributed by atoms with Crippen LogP contribution in [0.3, 0.4) is 0 Å². The SMILES string of the molecule is c1ccc2cc3cc(-c4cc(-c5ccc6cnccc6c5)nc(-c5ccc6cnccc6c5)c4)ccc3cc2c1. The molecule has 0 aliphatic heterocycles. The Morgan fingerprint density at radius 3 is 1.43 bits per heavy atom. The molecule has 0 N–H and O–H groups in total. The topological polar surface area (TPSA) is 38.7 Å². The van der Waals surface area contributed by atoms with Crippen LogP contribution in [-0.4, -0.2) is 15.0 Å². The van der Waals surface area contributed by atoms with Gasteiger partial charge in [-0.05, 0) is 98.0 Å². The molecule has 8 aromatic rings. The molecule has 0 atom stereocenters. The van der Waals surface area contributed by atoms with Gasteiger partial charge in [-0.2, -0.15) is 0 Å². The van der Waals surface area contributed by atoms with Gasteiger partial charge in [0.05, 0.1) is 11.4 Å². The molecule has 0 amide bonds. The molecule has 0 saturated heterocycles. The number of nitrogens with zero attached hydrogens (tertiary/aromatic N) is 3. The van der Waals surface area contributed by atoms with Crippen molar-refractivity contribution in [3.05, 3.63) is 140 Å². The van der Waals surface area contributed by atoms with E-state index in [9.17, 15) is 0 Å². The quantitative estimate of drug-likeness (QED) is 0.223. The van der Waals surface area contributed by atoms with Gasteiger partial charge in [-0.25, -0.2) is 4.98 Å². The summed E-state index contributed by atoms with van der Waals surface area (Å²) < 4.78 is 0. The first-order chi connectivity index (χ1) is 19.8. The third kappa shape index (κ3) is 3.96. The summed E-state index contributed by atoms with van der Waals surface area (Å²) in [7, 11) is 0. The van der Waals surface area contributed by atoms with Gasteiger partial charge in [0.25, 0.3) is 0 Å². The molecule has 3 aromatic heterocycles.